The van der Waals surface area contributed by atoms with Crippen LogP contribution >= 0.6 is 11.6 Å². The molecule has 122 valence electrons. The zero-order valence-corrected chi connectivity index (χ0v) is 13.9. The van der Waals surface area contributed by atoms with Gasteiger partial charge in [-0.15, -0.1) is 0 Å². The summed E-state index contributed by atoms with van der Waals surface area (Å²) in [5.74, 6) is 1.02. The number of hydrogen-bond donors (Lipinski definition) is 1. The molecule has 6 heteroatoms. The molecule has 0 bridgehead atoms. The van der Waals surface area contributed by atoms with E-state index < -0.39 is 0 Å². The number of nitrogens with one attached hydrogen (secondary N) is 1. The molecule has 0 unspecified atom stereocenters. The number of aryl methyl sites for hydroxylation is 1. The number of halogens is 1. The lowest BCUT2D eigenvalue weighted by molar-refractivity contribution is 0.0701. The van der Waals surface area contributed by atoms with Gasteiger partial charge in [-0.25, -0.2) is 0 Å². The highest BCUT2D eigenvalue weighted by Crippen LogP contribution is 2.30. The maximum Gasteiger partial charge on any atom is 0.289 e. The van der Waals surface area contributed by atoms with Gasteiger partial charge in [-0.2, -0.15) is 5.10 Å². The van der Waals surface area contributed by atoms with Crippen LogP contribution in [0.1, 0.15) is 27.6 Å². The van der Waals surface area contributed by atoms with Gasteiger partial charge in [0.15, 0.2) is 5.76 Å². The molecule has 1 aromatic carbocycles. The number of nitrogens with zero attached hydrogens (tertiary/aromatic N) is 2. The normalized spacial score (nSPS) is 13.8. The summed E-state index contributed by atoms with van der Waals surface area (Å²) in [5, 5.41) is 8.19. The first-order chi connectivity index (χ1) is 11.6. The molecule has 3 aromatic rings. The Bertz CT molecular complexity index is 913. The minimum atomic E-state index is -0.0907. The number of hydrogen-bond acceptors (Lipinski definition) is 3. The van der Waals surface area contributed by atoms with Gasteiger partial charge in [0.05, 0.1) is 12.2 Å². The molecule has 1 aliphatic heterocycles. The van der Waals surface area contributed by atoms with Gasteiger partial charge >= 0.3 is 0 Å². The fourth-order valence-corrected chi connectivity index (χ4v) is 3.24. The number of aromatic amines is 1. The Kier molecular flexibility index (Phi) is 3.65. The van der Waals surface area contributed by atoms with Crippen LogP contribution in [0.2, 0.25) is 5.02 Å². The smallest absolute Gasteiger partial charge is 0.289 e. The van der Waals surface area contributed by atoms with Gasteiger partial charge in [0.25, 0.3) is 5.91 Å². The number of carbonyl (C=O) groups excluding carboxylic acids is 1. The standard InChI is InChI=1S/C18H16ClN3O2/c1-11-5-6-16(24-11)18(23)22-8-7-15-14(10-22)17(21-20-15)12-3-2-4-13(19)9-12/h2-6,9H,7-8,10H2,1H3,(H,20,21). The van der Waals surface area contributed by atoms with E-state index >= 15 is 0 Å². The molecule has 0 saturated carbocycles. The number of aromatic nitrogens is 2. The van der Waals surface area contributed by atoms with Crippen LogP contribution in [-0.4, -0.2) is 27.5 Å². The number of furan rings is 1. The quantitative estimate of drug-likeness (QED) is 0.770. The van der Waals surface area contributed by atoms with E-state index in [9.17, 15) is 4.79 Å². The van der Waals surface area contributed by atoms with Gasteiger partial charge < -0.3 is 9.32 Å². The van der Waals surface area contributed by atoms with Crippen molar-refractivity contribution in [1.82, 2.24) is 15.1 Å². The second-order valence-electron chi connectivity index (χ2n) is 5.93. The van der Waals surface area contributed by atoms with Crippen LogP contribution in [-0.2, 0) is 13.0 Å². The molecule has 4 rings (SSSR count). The van der Waals surface area contributed by atoms with Crippen LogP contribution in [0.5, 0.6) is 0 Å². The van der Waals surface area contributed by atoms with E-state index in [2.05, 4.69) is 10.2 Å². The number of carbonyl (C=O) groups is 1. The van der Waals surface area contributed by atoms with Crippen molar-refractivity contribution in [3.8, 4) is 11.3 Å². The van der Waals surface area contributed by atoms with E-state index in [1.807, 2.05) is 31.2 Å². The van der Waals surface area contributed by atoms with E-state index in [0.717, 1.165) is 34.7 Å². The molecule has 0 radical (unpaired) electrons. The summed E-state index contributed by atoms with van der Waals surface area (Å²) in [6.07, 6.45) is 0.744. The van der Waals surface area contributed by atoms with Crippen LogP contribution in [0.4, 0.5) is 0 Å². The topological polar surface area (TPSA) is 62.1 Å². The summed E-state index contributed by atoms with van der Waals surface area (Å²) >= 11 is 6.09. The second-order valence-corrected chi connectivity index (χ2v) is 6.36. The van der Waals surface area contributed by atoms with Gasteiger partial charge in [-0.1, -0.05) is 23.7 Å². The number of fused-ring (bicyclic) bond motifs is 1. The minimum absolute atomic E-state index is 0.0907. The van der Waals surface area contributed by atoms with Crippen molar-refractivity contribution in [2.75, 3.05) is 6.54 Å². The third kappa shape index (κ3) is 2.61. The van der Waals surface area contributed by atoms with Crippen LogP contribution in [0.3, 0.4) is 0 Å². The summed E-state index contributed by atoms with van der Waals surface area (Å²) in [4.78, 5) is 14.4. The molecule has 0 fully saturated rings. The predicted molar refractivity (Wildman–Crippen MR) is 90.9 cm³/mol. The van der Waals surface area contributed by atoms with Gasteiger partial charge in [-0.05, 0) is 31.2 Å². The van der Waals surface area contributed by atoms with E-state index in [1.54, 1.807) is 17.0 Å². The van der Waals surface area contributed by atoms with E-state index in [1.165, 1.54) is 0 Å². The third-order valence-electron chi connectivity index (χ3n) is 4.27. The second kappa shape index (κ2) is 5.83. The molecule has 0 saturated heterocycles. The van der Waals surface area contributed by atoms with Crippen LogP contribution in [0, 0.1) is 6.92 Å². The summed E-state index contributed by atoms with van der Waals surface area (Å²) < 4.78 is 5.47. The monoisotopic (exact) mass is 341 g/mol. The van der Waals surface area contributed by atoms with Gasteiger partial charge in [0, 0.05) is 34.8 Å². The molecule has 0 atom stereocenters. The maximum absolute atomic E-state index is 12.6. The summed E-state index contributed by atoms with van der Waals surface area (Å²) in [5.41, 5.74) is 3.91. The molecule has 5 nitrogen and oxygen atoms in total. The van der Waals surface area contributed by atoms with Crippen molar-refractivity contribution in [1.29, 1.82) is 0 Å². The molecule has 0 spiro atoms. The first-order valence-electron chi connectivity index (χ1n) is 7.79. The maximum atomic E-state index is 12.6. The number of amides is 1. The van der Waals surface area contributed by atoms with Crippen molar-refractivity contribution >= 4 is 17.5 Å². The average Bonchev–Trinajstić information content (AvgIpc) is 3.19. The van der Waals surface area contributed by atoms with Crippen molar-refractivity contribution in [2.24, 2.45) is 0 Å². The predicted octanol–water partition coefficient (Wildman–Crippen LogP) is 3.83. The number of rotatable bonds is 2. The first kappa shape index (κ1) is 15.0. The van der Waals surface area contributed by atoms with Crippen molar-refractivity contribution in [2.45, 2.75) is 19.9 Å². The molecule has 1 aliphatic rings. The summed E-state index contributed by atoms with van der Waals surface area (Å²) in [6, 6.07) is 11.1. The van der Waals surface area contributed by atoms with Crippen LogP contribution < -0.4 is 0 Å². The van der Waals surface area contributed by atoms with Crippen molar-refractivity contribution in [3.05, 3.63) is 64.2 Å². The van der Waals surface area contributed by atoms with Crippen LogP contribution in [0.25, 0.3) is 11.3 Å². The molecule has 24 heavy (non-hydrogen) atoms. The Labute approximate surface area is 144 Å². The summed E-state index contributed by atoms with van der Waals surface area (Å²) in [6.45, 7) is 2.98. The number of benzene rings is 1. The largest absolute Gasteiger partial charge is 0.456 e. The Morgan fingerprint density at radius 2 is 2.21 bits per heavy atom. The molecule has 1 amide bonds. The highest BCUT2D eigenvalue weighted by molar-refractivity contribution is 6.30. The highest BCUT2D eigenvalue weighted by Gasteiger charge is 2.27. The molecular weight excluding hydrogens is 326 g/mol. The Morgan fingerprint density at radius 3 is 2.96 bits per heavy atom. The lowest BCUT2D eigenvalue weighted by Crippen LogP contribution is -2.35. The Balaban J connectivity index is 1.65. The SMILES string of the molecule is Cc1ccc(C(=O)N2CCc3[nH]nc(-c4cccc(Cl)c4)c3C2)o1. The zero-order valence-electron chi connectivity index (χ0n) is 13.2. The molecule has 3 heterocycles. The third-order valence-corrected chi connectivity index (χ3v) is 4.50. The first-order valence-corrected chi connectivity index (χ1v) is 8.17. The molecule has 0 aliphatic carbocycles. The summed E-state index contributed by atoms with van der Waals surface area (Å²) in [7, 11) is 0. The van der Waals surface area contributed by atoms with Gasteiger partial charge in [0.1, 0.15) is 5.76 Å². The Hall–Kier alpha value is -2.53. The van der Waals surface area contributed by atoms with Gasteiger partial charge in [0.2, 0.25) is 0 Å². The van der Waals surface area contributed by atoms with Crippen molar-refractivity contribution in [3.63, 3.8) is 0 Å². The average molecular weight is 342 g/mol. The fourth-order valence-electron chi connectivity index (χ4n) is 3.05. The van der Waals surface area contributed by atoms with E-state index in [0.29, 0.717) is 23.9 Å². The van der Waals surface area contributed by atoms with Crippen LogP contribution in [0.15, 0.2) is 40.8 Å². The zero-order chi connectivity index (χ0) is 16.7. The number of H-pyrrole nitrogens is 1. The molecule has 2 aromatic heterocycles. The van der Waals surface area contributed by atoms with E-state index in [-0.39, 0.29) is 5.91 Å². The lowest BCUT2D eigenvalue weighted by Gasteiger charge is -2.26. The molecular formula is C18H16ClN3O2. The van der Waals surface area contributed by atoms with Gasteiger partial charge in [-0.3, -0.25) is 9.89 Å². The minimum Gasteiger partial charge on any atom is -0.456 e. The fraction of sp³-hybridized carbons (Fsp3) is 0.222. The Morgan fingerprint density at radius 1 is 1.33 bits per heavy atom. The van der Waals surface area contributed by atoms with Crippen molar-refractivity contribution < 1.29 is 9.21 Å². The lowest BCUT2D eigenvalue weighted by atomic mass is 10.0. The molecule has 1 N–H and O–H groups in total. The van der Waals surface area contributed by atoms with E-state index in [4.69, 9.17) is 16.0 Å². The highest BCUT2D eigenvalue weighted by atomic mass is 35.5.